The molecule has 0 aromatic heterocycles. The Morgan fingerprint density at radius 2 is 1.95 bits per heavy atom. The van der Waals surface area contributed by atoms with Gasteiger partial charge in [0.15, 0.2) is 0 Å². The van der Waals surface area contributed by atoms with E-state index in [4.69, 9.17) is 4.84 Å². The van der Waals surface area contributed by atoms with Crippen molar-refractivity contribution in [3.05, 3.63) is 35.9 Å². The molecule has 0 aliphatic heterocycles. The molecule has 0 saturated heterocycles. The molecule has 19 heavy (non-hydrogen) atoms. The Balaban J connectivity index is 1.58. The van der Waals surface area contributed by atoms with E-state index in [0.717, 1.165) is 5.92 Å². The first-order valence-corrected chi connectivity index (χ1v) is 7.45. The molecule has 3 rings (SSSR count). The number of benzene rings is 1. The van der Waals surface area contributed by atoms with Crippen LogP contribution in [0.25, 0.3) is 0 Å². The summed E-state index contributed by atoms with van der Waals surface area (Å²) in [4.78, 5) is 5.76. The number of rotatable bonds is 4. The number of nitrogens with one attached hydrogen (secondary N) is 1. The van der Waals surface area contributed by atoms with E-state index in [9.17, 15) is 0 Å². The molecule has 104 valence electrons. The van der Waals surface area contributed by atoms with E-state index in [-0.39, 0.29) is 0 Å². The maximum absolute atomic E-state index is 5.76. The molecule has 3 atom stereocenters. The highest BCUT2D eigenvalue weighted by atomic mass is 16.6. The summed E-state index contributed by atoms with van der Waals surface area (Å²) in [6, 6.07) is 10.9. The maximum atomic E-state index is 5.76. The first-order chi connectivity index (χ1) is 9.04. The quantitative estimate of drug-likeness (QED) is 0.827. The summed E-state index contributed by atoms with van der Waals surface area (Å²) >= 11 is 0. The second kappa shape index (κ2) is 4.60. The van der Waals surface area contributed by atoms with Gasteiger partial charge in [-0.25, -0.2) is 0 Å². The lowest BCUT2D eigenvalue weighted by molar-refractivity contribution is -0.0371. The third-order valence-corrected chi connectivity index (χ3v) is 6.10. The first-order valence-electron chi connectivity index (χ1n) is 7.45. The van der Waals surface area contributed by atoms with Gasteiger partial charge in [-0.05, 0) is 41.6 Å². The van der Waals surface area contributed by atoms with E-state index in [1.54, 1.807) is 0 Å². The SMILES string of the molecule is CC1(C)C2CCC1(C)C(NOCc1ccccc1)C2. The van der Waals surface area contributed by atoms with Crippen molar-refractivity contribution in [1.29, 1.82) is 0 Å². The average Bonchev–Trinajstić information content (AvgIpc) is 2.73. The highest BCUT2D eigenvalue weighted by molar-refractivity contribution is 5.14. The van der Waals surface area contributed by atoms with Crippen LogP contribution < -0.4 is 5.48 Å². The van der Waals surface area contributed by atoms with Crippen LogP contribution in [-0.4, -0.2) is 6.04 Å². The van der Waals surface area contributed by atoms with Crippen LogP contribution >= 0.6 is 0 Å². The van der Waals surface area contributed by atoms with Crippen molar-refractivity contribution in [3.63, 3.8) is 0 Å². The summed E-state index contributed by atoms with van der Waals surface area (Å²) in [5.41, 5.74) is 5.41. The lowest BCUT2D eigenvalue weighted by atomic mass is 9.69. The summed E-state index contributed by atoms with van der Waals surface area (Å²) in [7, 11) is 0. The molecule has 0 radical (unpaired) electrons. The van der Waals surface area contributed by atoms with Crippen molar-refractivity contribution < 1.29 is 4.84 Å². The normalized spacial score (nSPS) is 35.7. The van der Waals surface area contributed by atoms with Gasteiger partial charge in [0.05, 0.1) is 6.61 Å². The van der Waals surface area contributed by atoms with Gasteiger partial charge in [0.2, 0.25) is 0 Å². The van der Waals surface area contributed by atoms with Gasteiger partial charge in [-0.3, -0.25) is 4.84 Å². The predicted molar refractivity (Wildman–Crippen MR) is 77.4 cm³/mol. The van der Waals surface area contributed by atoms with Crippen molar-refractivity contribution in [1.82, 2.24) is 5.48 Å². The standard InChI is InChI=1S/C17H25NO/c1-16(2)14-9-10-17(16,3)15(11-14)18-19-12-13-7-5-4-6-8-13/h4-8,14-15,18H,9-12H2,1-3H3. The number of hydroxylamine groups is 1. The van der Waals surface area contributed by atoms with Gasteiger partial charge in [-0.2, -0.15) is 5.48 Å². The molecular formula is C17H25NO. The zero-order valence-corrected chi connectivity index (χ0v) is 12.3. The summed E-state index contributed by atoms with van der Waals surface area (Å²) in [6.07, 6.45) is 3.98. The van der Waals surface area contributed by atoms with Crippen molar-refractivity contribution in [2.75, 3.05) is 0 Å². The maximum Gasteiger partial charge on any atom is 0.0933 e. The average molecular weight is 259 g/mol. The van der Waals surface area contributed by atoms with E-state index in [0.29, 0.717) is 23.5 Å². The minimum Gasteiger partial charge on any atom is -0.297 e. The van der Waals surface area contributed by atoms with Gasteiger partial charge in [0, 0.05) is 6.04 Å². The molecule has 2 bridgehead atoms. The molecule has 2 aliphatic rings. The lowest BCUT2D eigenvalue weighted by Crippen LogP contribution is -2.44. The molecule has 0 heterocycles. The van der Waals surface area contributed by atoms with Crippen LogP contribution in [0, 0.1) is 16.7 Å². The molecule has 0 amide bonds. The Morgan fingerprint density at radius 1 is 1.21 bits per heavy atom. The third kappa shape index (κ3) is 2.02. The number of hydrogen-bond donors (Lipinski definition) is 1. The molecule has 2 saturated carbocycles. The van der Waals surface area contributed by atoms with Crippen LogP contribution in [0.5, 0.6) is 0 Å². The monoisotopic (exact) mass is 259 g/mol. The minimum absolute atomic E-state index is 0.383. The lowest BCUT2D eigenvalue weighted by Gasteiger charge is -2.39. The van der Waals surface area contributed by atoms with Gasteiger partial charge in [-0.15, -0.1) is 0 Å². The molecule has 2 fully saturated rings. The fourth-order valence-electron chi connectivity index (χ4n) is 4.18. The van der Waals surface area contributed by atoms with Gasteiger partial charge in [-0.1, -0.05) is 51.1 Å². The van der Waals surface area contributed by atoms with Crippen molar-refractivity contribution in [2.24, 2.45) is 16.7 Å². The van der Waals surface area contributed by atoms with E-state index in [1.807, 2.05) is 6.07 Å². The zero-order chi connectivity index (χ0) is 13.5. The fourth-order valence-corrected chi connectivity index (χ4v) is 4.18. The minimum atomic E-state index is 0.383. The van der Waals surface area contributed by atoms with Crippen LogP contribution in [0.4, 0.5) is 0 Å². The molecule has 1 aromatic carbocycles. The second-order valence-corrected chi connectivity index (χ2v) is 7.06. The predicted octanol–water partition coefficient (Wildman–Crippen LogP) is 3.92. The number of hydrogen-bond acceptors (Lipinski definition) is 2. The molecule has 0 spiro atoms. The third-order valence-electron chi connectivity index (χ3n) is 6.10. The Labute approximate surface area is 116 Å². The van der Waals surface area contributed by atoms with Crippen molar-refractivity contribution >= 4 is 0 Å². The van der Waals surface area contributed by atoms with E-state index >= 15 is 0 Å². The van der Waals surface area contributed by atoms with Crippen molar-refractivity contribution in [3.8, 4) is 0 Å². The summed E-state index contributed by atoms with van der Waals surface area (Å²) in [6.45, 7) is 7.95. The highest BCUT2D eigenvalue weighted by Crippen LogP contribution is 2.65. The van der Waals surface area contributed by atoms with Crippen LogP contribution in [0.15, 0.2) is 30.3 Å². The number of fused-ring (bicyclic) bond motifs is 2. The van der Waals surface area contributed by atoms with E-state index in [2.05, 4.69) is 50.5 Å². The Bertz CT molecular complexity index is 442. The molecule has 2 nitrogen and oxygen atoms in total. The fraction of sp³-hybridized carbons (Fsp3) is 0.647. The Hall–Kier alpha value is -0.860. The molecular weight excluding hydrogens is 234 g/mol. The molecule has 3 unspecified atom stereocenters. The van der Waals surface area contributed by atoms with E-state index < -0.39 is 0 Å². The van der Waals surface area contributed by atoms with Gasteiger partial charge in [0.25, 0.3) is 0 Å². The van der Waals surface area contributed by atoms with Gasteiger partial charge in [0.1, 0.15) is 0 Å². The summed E-state index contributed by atoms with van der Waals surface area (Å²) in [5, 5.41) is 0. The van der Waals surface area contributed by atoms with E-state index in [1.165, 1.54) is 24.8 Å². The summed E-state index contributed by atoms with van der Waals surface area (Å²) in [5.74, 6) is 0.857. The smallest absolute Gasteiger partial charge is 0.0933 e. The molecule has 1 N–H and O–H groups in total. The Kier molecular flexibility index (Phi) is 3.18. The summed E-state index contributed by atoms with van der Waals surface area (Å²) < 4.78 is 0. The largest absolute Gasteiger partial charge is 0.297 e. The van der Waals surface area contributed by atoms with Crippen LogP contribution in [-0.2, 0) is 11.4 Å². The zero-order valence-electron chi connectivity index (χ0n) is 12.3. The molecule has 2 aliphatic carbocycles. The second-order valence-electron chi connectivity index (χ2n) is 7.06. The van der Waals surface area contributed by atoms with Crippen LogP contribution in [0.1, 0.15) is 45.6 Å². The molecule has 2 heteroatoms. The van der Waals surface area contributed by atoms with Crippen LogP contribution in [0.2, 0.25) is 0 Å². The van der Waals surface area contributed by atoms with Gasteiger partial charge < -0.3 is 0 Å². The topological polar surface area (TPSA) is 21.3 Å². The first kappa shape index (κ1) is 13.1. The molecule has 1 aromatic rings. The highest BCUT2D eigenvalue weighted by Gasteiger charge is 2.61. The Morgan fingerprint density at radius 3 is 2.53 bits per heavy atom. The van der Waals surface area contributed by atoms with Gasteiger partial charge >= 0.3 is 0 Å². The van der Waals surface area contributed by atoms with Crippen LogP contribution in [0.3, 0.4) is 0 Å². The van der Waals surface area contributed by atoms with Crippen molar-refractivity contribution in [2.45, 2.75) is 52.7 Å².